The lowest BCUT2D eigenvalue weighted by atomic mass is 9.90. The summed E-state index contributed by atoms with van der Waals surface area (Å²) < 4.78 is 0. The van der Waals surface area contributed by atoms with E-state index >= 15 is 0 Å². The Labute approximate surface area is 148 Å². The van der Waals surface area contributed by atoms with E-state index in [1.165, 1.54) is 17.5 Å². The molecule has 1 aromatic rings. The summed E-state index contributed by atoms with van der Waals surface area (Å²) in [5.41, 5.74) is 2.71. The number of thioether (sulfide) groups is 1. The van der Waals surface area contributed by atoms with Crippen LogP contribution in [0, 0.1) is 12.8 Å². The van der Waals surface area contributed by atoms with Gasteiger partial charge in [0.15, 0.2) is 0 Å². The summed E-state index contributed by atoms with van der Waals surface area (Å²) in [5.74, 6) is 2.11. The Balaban J connectivity index is 1.39. The third kappa shape index (κ3) is 4.53. The van der Waals surface area contributed by atoms with Gasteiger partial charge in [-0.15, -0.1) is 11.8 Å². The molecule has 0 aromatic heterocycles. The highest BCUT2D eigenvalue weighted by Crippen LogP contribution is 2.23. The van der Waals surface area contributed by atoms with E-state index in [1.807, 2.05) is 4.90 Å². The van der Waals surface area contributed by atoms with Gasteiger partial charge in [0.1, 0.15) is 6.54 Å². The van der Waals surface area contributed by atoms with Crippen LogP contribution in [0.4, 0.5) is 0 Å². The average Bonchev–Trinajstić information content (AvgIpc) is 3.00. The lowest BCUT2D eigenvalue weighted by Crippen LogP contribution is -2.44. The third-order valence-electron chi connectivity index (χ3n) is 5.08. The maximum Gasteiger partial charge on any atom is 0.242 e. The molecule has 1 aromatic carbocycles. The summed E-state index contributed by atoms with van der Waals surface area (Å²) in [6.45, 7) is 4.06. The van der Waals surface area contributed by atoms with Gasteiger partial charge in [-0.25, -0.2) is 0 Å². The van der Waals surface area contributed by atoms with E-state index in [0.29, 0.717) is 17.5 Å². The Bertz CT molecular complexity index is 580. The first kappa shape index (κ1) is 17.3. The molecule has 2 fully saturated rings. The van der Waals surface area contributed by atoms with Crippen LogP contribution in [0.5, 0.6) is 0 Å². The molecule has 4 nitrogen and oxygen atoms in total. The summed E-state index contributed by atoms with van der Waals surface area (Å²) in [4.78, 5) is 27.6. The minimum absolute atomic E-state index is 0.0985. The number of rotatable bonds is 5. The zero-order chi connectivity index (χ0) is 16.9. The van der Waals surface area contributed by atoms with Crippen molar-refractivity contribution in [2.45, 2.75) is 32.6 Å². The number of piperidine rings is 1. The number of hydrogen-bond donors (Lipinski definition) is 0. The van der Waals surface area contributed by atoms with Crippen molar-refractivity contribution in [1.29, 1.82) is 0 Å². The van der Waals surface area contributed by atoms with Gasteiger partial charge in [0.2, 0.25) is 11.8 Å². The Morgan fingerprint density at radius 2 is 1.92 bits per heavy atom. The molecule has 0 N–H and O–H groups in total. The van der Waals surface area contributed by atoms with Gasteiger partial charge in [0.25, 0.3) is 0 Å². The van der Waals surface area contributed by atoms with Gasteiger partial charge < -0.3 is 9.80 Å². The van der Waals surface area contributed by atoms with Crippen molar-refractivity contribution in [3.05, 3.63) is 35.4 Å². The molecule has 2 aliphatic heterocycles. The molecule has 0 spiro atoms. The van der Waals surface area contributed by atoms with E-state index in [9.17, 15) is 9.59 Å². The number of aryl methyl sites for hydroxylation is 2. The van der Waals surface area contributed by atoms with E-state index < -0.39 is 0 Å². The zero-order valence-corrected chi connectivity index (χ0v) is 15.2. The lowest BCUT2D eigenvalue weighted by molar-refractivity contribution is -0.138. The van der Waals surface area contributed by atoms with Crippen molar-refractivity contribution in [2.24, 2.45) is 5.92 Å². The van der Waals surface area contributed by atoms with Crippen molar-refractivity contribution in [3.8, 4) is 0 Å². The summed E-state index contributed by atoms with van der Waals surface area (Å²) >= 11 is 1.59. The van der Waals surface area contributed by atoms with Crippen LogP contribution in [0.1, 0.15) is 30.4 Å². The Hall–Kier alpha value is -1.49. The molecule has 0 bridgehead atoms. The van der Waals surface area contributed by atoms with Gasteiger partial charge in [0, 0.05) is 13.1 Å². The number of carbonyl (C=O) groups is 2. The Morgan fingerprint density at radius 1 is 1.21 bits per heavy atom. The van der Waals surface area contributed by atoms with E-state index in [2.05, 4.69) is 31.2 Å². The fourth-order valence-corrected chi connectivity index (χ4v) is 4.30. The number of hydrogen-bond acceptors (Lipinski definition) is 3. The molecule has 3 rings (SSSR count). The van der Waals surface area contributed by atoms with Crippen LogP contribution in [0.3, 0.4) is 0 Å². The van der Waals surface area contributed by atoms with Crippen LogP contribution in [-0.4, -0.2) is 52.9 Å². The minimum Gasteiger partial charge on any atom is -0.341 e. The van der Waals surface area contributed by atoms with Crippen LogP contribution in [0.15, 0.2) is 24.3 Å². The smallest absolute Gasteiger partial charge is 0.242 e. The van der Waals surface area contributed by atoms with Crippen molar-refractivity contribution in [3.63, 3.8) is 0 Å². The van der Waals surface area contributed by atoms with Crippen molar-refractivity contribution < 1.29 is 9.59 Å². The third-order valence-corrected chi connectivity index (χ3v) is 6.03. The second kappa shape index (κ2) is 8.06. The Kier molecular flexibility index (Phi) is 5.82. The molecule has 0 radical (unpaired) electrons. The molecule has 2 aliphatic rings. The number of nitrogens with zero attached hydrogens (tertiary/aromatic N) is 2. The average molecular weight is 346 g/mol. The molecule has 0 saturated carbocycles. The second-order valence-electron chi connectivity index (χ2n) is 6.92. The number of likely N-dealkylation sites (tertiary alicyclic amines) is 1. The first-order valence-electron chi connectivity index (χ1n) is 8.80. The van der Waals surface area contributed by atoms with Crippen LogP contribution in [0.25, 0.3) is 0 Å². The predicted octanol–water partition coefficient (Wildman–Crippen LogP) is 2.70. The number of carbonyl (C=O) groups excluding carboxylic acids is 2. The van der Waals surface area contributed by atoms with Gasteiger partial charge >= 0.3 is 0 Å². The van der Waals surface area contributed by atoms with E-state index in [0.717, 1.165) is 32.4 Å². The molecular formula is C19H26N2O2S. The first-order chi connectivity index (χ1) is 11.6. The summed E-state index contributed by atoms with van der Waals surface area (Å²) in [6.07, 6.45) is 4.49. The quantitative estimate of drug-likeness (QED) is 0.823. The molecule has 0 unspecified atom stereocenters. The monoisotopic (exact) mass is 346 g/mol. The predicted molar refractivity (Wildman–Crippen MR) is 97.8 cm³/mol. The van der Waals surface area contributed by atoms with E-state index in [4.69, 9.17) is 0 Å². The fourth-order valence-electron chi connectivity index (χ4n) is 3.40. The highest BCUT2D eigenvalue weighted by atomic mass is 32.2. The molecule has 2 saturated heterocycles. The highest BCUT2D eigenvalue weighted by Gasteiger charge is 2.27. The molecule has 5 heteroatoms. The number of amides is 2. The van der Waals surface area contributed by atoms with E-state index in [-0.39, 0.29) is 18.4 Å². The summed E-state index contributed by atoms with van der Waals surface area (Å²) in [5, 5.41) is 0. The molecule has 2 heterocycles. The normalized spacial score (nSPS) is 19.1. The van der Waals surface area contributed by atoms with Crippen molar-refractivity contribution >= 4 is 23.6 Å². The molecule has 0 aliphatic carbocycles. The van der Waals surface area contributed by atoms with Crippen molar-refractivity contribution in [1.82, 2.24) is 9.80 Å². The highest BCUT2D eigenvalue weighted by molar-refractivity contribution is 8.00. The topological polar surface area (TPSA) is 40.6 Å². The molecular weight excluding hydrogens is 320 g/mol. The van der Waals surface area contributed by atoms with Crippen LogP contribution < -0.4 is 0 Å². The van der Waals surface area contributed by atoms with Crippen LogP contribution >= 0.6 is 11.8 Å². The van der Waals surface area contributed by atoms with Crippen LogP contribution in [-0.2, 0) is 16.0 Å². The molecule has 0 atom stereocenters. The lowest BCUT2D eigenvalue weighted by Gasteiger charge is -2.33. The van der Waals surface area contributed by atoms with Gasteiger partial charge in [0.05, 0.1) is 11.6 Å². The van der Waals surface area contributed by atoms with Crippen LogP contribution in [0.2, 0.25) is 0 Å². The minimum atomic E-state index is 0.0985. The molecule has 2 amide bonds. The SMILES string of the molecule is Cc1ccc(CCC2CCN(C(=O)CN3CSCC3=O)CC2)cc1. The van der Waals surface area contributed by atoms with Crippen molar-refractivity contribution in [2.75, 3.05) is 31.3 Å². The first-order valence-corrected chi connectivity index (χ1v) is 9.96. The Morgan fingerprint density at radius 3 is 2.54 bits per heavy atom. The molecule has 24 heavy (non-hydrogen) atoms. The van der Waals surface area contributed by atoms with Gasteiger partial charge in [-0.05, 0) is 44.1 Å². The maximum atomic E-state index is 12.3. The maximum absolute atomic E-state index is 12.3. The fraction of sp³-hybridized carbons (Fsp3) is 0.579. The summed E-state index contributed by atoms with van der Waals surface area (Å²) in [6, 6.07) is 8.79. The molecule has 130 valence electrons. The summed E-state index contributed by atoms with van der Waals surface area (Å²) in [7, 11) is 0. The standard InChI is InChI=1S/C19H26N2O2S/c1-15-2-4-16(5-3-15)6-7-17-8-10-20(11-9-17)18(22)12-21-14-24-13-19(21)23/h2-5,17H,6-14H2,1H3. The zero-order valence-electron chi connectivity index (χ0n) is 14.4. The second-order valence-corrected chi connectivity index (χ2v) is 7.87. The van der Waals surface area contributed by atoms with Gasteiger partial charge in [-0.1, -0.05) is 29.8 Å². The van der Waals surface area contributed by atoms with Gasteiger partial charge in [-0.2, -0.15) is 0 Å². The largest absolute Gasteiger partial charge is 0.341 e. The van der Waals surface area contributed by atoms with E-state index in [1.54, 1.807) is 16.7 Å². The number of benzene rings is 1. The van der Waals surface area contributed by atoms with Gasteiger partial charge in [-0.3, -0.25) is 9.59 Å².